The van der Waals surface area contributed by atoms with Crippen LogP contribution in [-0.2, 0) is 6.18 Å². The number of hydrogen-bond donors (Lipinski definition) is 3. The molecule has 1 heterocycles. The number of pyridine rings is 1. The maximum Gasteiger partial charge on any atom is 0.417 e. The molecule has 0 atom stereocenters. The predicted molar refractivity (Wildman–Crippen MR) is 55.4 cm³/mol. The zero-order chi connectivity index (χ0) is 13.1. The first-order chi connectivity index (χ1) is 7.80. The summed E-state index contributed by atoms with van der Waals surface area (Å²) in [5.41, 5.74) is -1.87. The molecule has 0 saturated heterocycles. The second kappa shape index (κ2) is 4.89. The molecule has 7 heteroatoms. The second-order valence-electron chi connectivity index (χ2n) is 3.93. The highest BCUT2D eigenvalue weighted by Gasteiger charge is 2.31. The van der Waals surface area contributed by atoms with E-state index in [4.69, 9.17) is 10.2 Å². The first kappa shape index (κ1) is 13.7. The van der Waals surface area contributed by atoms with Crippen LogP contribution in [0.1, 0.15) is 12.5 Å². The van der Waals surface area contributed by atoms with Gasteiger partial charge in [0.1, 0.15) is 5.82 Å². The van der Waals surface area contributed by atoms with E-state index in [2.05, 4.69) is 10.3 Å². The molecule has 0 aliphatic rings. The van der Waals surface area contributed by atoms with Gasteiger partial charge in [0.15, 0.2) is 0 Å². The van der Waals surface area contributed by atoms with Crippen molar-refractivity contribution in [3.05, 3.63) is 23.9 Å². The van der Waals surface area contributed by atoms with Gasteiger partial charge in [-0.25, -0.2) is 4.98 Å². The quantitative estimate of drug-likeness (QED) is 0.752. The minimum Gasteiger partial charge on any atom is -0.394 e. The number of hydrogen-bond acceptors (Lipinski definition) is 4. The average molecular weight is 250 g/mol. The third kappa shape index (κ3) is 3.57. The normalized spacial score (nSPS) is 12.6. The molecule has 0 aliphatic heterocycles. The predicted octanol–water partition coefficient (Wildman–Crippen LogP) is 1.26. The van der Waals surface area contributed by atoms with Crippen molar-refractivity contribution in [1.29, 1.82) is 0 Å². The number of nitrogens with one attached hydrogen (secondary N) is 1. The molecule has 96 valence electrons. The number of rotatable bonds is 4. The van der Waals surface area contributed by atoms with Gasteiger partial charge in [-0.15, -0.1) is 0 Å². The maximum atomic E-state index is 12.2. The van der Waals surface area contributed by atoms with Crippen molar-refractivity contribution in [3.8, 4) is 0 Å². The molecule has 1 rings (SSSR count). The van der Waals surface area contributed by atoms with Crippen molar-refractivity contribution in [1.82, 2.24) is 4.98 Å². The molecular weight excluding hydrogens is 237 g/mol. The van der Waals surface area contributed by atoms with Crippen LogP contribution < -0.4 is 5.32 Å². The molecule has 0 aromatic carbocycles. The van der Waals surface area contributed by atoms with Crippen LogP contribution >= 0.6 is 0 Å². The number of halogens is 3. The lowest BCUT2D eigenvalue weighted by atomic mass is 10.1. The van der Waals surface area contributed by atoms with Gasteiger partial charge in [0.2, 0.25) is 0 Å². The van der Waals surface area contributed by atoms with Crippen LogP contribution in [0.5, 0.6) is 0 Å². The van der Waals surface area contributed by atoms with Gasteiger partial charge >= 0.3 is 6.18 Å². The standard InChI is InChI=1S/C10H13F3N2O2/c1-9(5-16,6-17)15-8-3-2-7(4-14-8)10(11,12)13/h2-4,16-17H,5-6H2,1H3,(H,14,15). The first-order valence-electron chi connectivity index (χ1n) is 4.84. The SMILES string of the molecule is CC(CO)(CO)Nc1ccc(C(F)(F)F)cn1. The van der Waals surface area contributed by atoms with Crippen molar-refractivity contribution in [3.63, 3.8) is 0 Å². The molecule has 0 fully saturated rings. The van der Waals surface area contributed by atoms with Crippen LogP contribution in [0.2, 0.25) is 0 Å². The van der Waals surface area contributed by atoms with E-state index >= 15 is 0 Å². The Kier molecular flexibility index (Phi) is 3.94. The molecule has 0 amide bonds. The van der Waals surface area contributed by atoms with E-state index in [9.17, 15) is 13.2 Å². The Morgan fingerprint density at radius 3 is 2.18 bits per heavy atom. The number of aliphatic hydroxyl groups excluding tert-OH is 2. The van der Waals surface area contributed by atoms with Crippen LogP contribution in [0.3, 0.4) is 0 Å². The number of alkyl halides is 3. The van der Waals surface area contributed by atoms with Gasteiger partial charge in [-0.05, 0) is 19.1 Å². The maximum absolute atomic E-state index is 12.2. The molecule has 4 nitrogen and oxygen atoms in total. The summed E-state index contributed by atoms with van der Waals surface area (Å²) in [7, 11) is 0. The fourth-order valence-electron chi connectivity index (χ4n) is 1.07. The molecule has 0 bridgehead atoms. The molecule has 0 saturated carbocycles. The van der Waals surface area contributed by atoms with Crippen molar-refractivity contribution in [2.45, 2.75) is 18.6 Å². The summed E-state index contributed by atoms with van der Waals surface area (Å²) in [6, 6.07) is 2.02. The summed E-state index contributed by atoms with van der Waals surface area (Å²) in [5, 5.41) is 20.7. The number of aliphatic hydroxyl groups is 2. The lowest BCUT2D eigenvalue weighted by Crippen LogP contribution is -2.42. The van der Waals surface area contributed by atoms with Crippen LogP contribution in [0, 0.1) is 0 Å². The summed E-state index contributed by atoms with van der Waals surface area (Å²) < 4.78 is 36.7. The summed E-state index contributed by atoms with van der Waals surface area (Å²) in [6.45, 7) is 0.782. The highest BCUT2D eigenvalue weighted by molar-refractivity contribution is 5.39. The Morgan fingerprint density at radius 1 is 1.24 bits per heavy atom. The van der Waals surface area contributed by atoms with Crippen LogP contribution in [0.25, 0.3) is 0 Å². The van der Waals surface area contributed by atoms with Crippen molar-refractivity contribution in [2.24, 2.45) is 0 Å². The Hall–Kier alpha value is -1.34. The molecule has 3 N–H and O–H groups in total. The van der Waals surface area contributed by atoms with Gasteiger partial charge in [0, 0.05) is 6.20 Å². The monoisotopic (exact) mass is 250 g/mol. The molecule has 0 radical (unpaired) electrons. The van der Waals surface area contributed by atoms with Crippen LogP contribution in [0.15, 0.2) is 18.3 Å². The van der Waals surface area contributed by atoms with Gasteiger partial charge in [0.25, 0.3) is 0 Å². The van der Waals surface area contributed by atoms with Crippen LogP contribution in [0.4, 0.5) is 19.0 Å². The van der Waals surface area contributed by atoms with Crippen molar-refractivity contribution < 1.29 is 23.4 Å². The highest BCUT2D eigenvalue weighted by atomic mass is 19.4. The topological polar surface area (TPSA) is 65.4 Å². The van der Waals surface area contributed by atoms with Gasteiger partial charge in [-0.2, -0.15) is 13.2 Å². The molecule has 0 spiro atoms. The van der Waals surface area contributed by atoms with Gasteiger partial charge < -0.3 is 15.5 Å². The number of aromatic nitrogens is 1. The van der Waals surface area contributed by atoms with E-state index in [-0.39, 0.29) is 19.0 Å². The Labute approximate surface area is 96.1 Å². The lowest BCUT2D eigenvalue weighted by Gasteiger charge is -2.26. The summed E-state index contributed by atoms with van der Waals surface area (Å²) in [5.74, 6) is 0.156. The minimum absolute atomic E-state index is 0.156. The molecular formula is C10H13F3N2O2. The van der Waals surface area contributed by atoms with E-state index in [1.54, 1.807) is 0 Å². The third-order valence-electron chi connectivity index (χ3n) is 2.22. The van der Waals surface area contributed by atoms with Crippen molar-refractivity contribution in [2.75, 3.05) is 18.5 Å². The van der Waals surface area contributed by atoms with Gasteiger partial charge in [0.05, 0.1) is 24.3 Å². The minimum atomic E-state index is -4.43. The summed E-state index contributed by atoms with van der Waals surface area (Å²) in [6.07, 6.45) is -3.74. The largest absolute Gasteiger partial charge is 0.417 e. The van der Waals surface area contributed by atoms with Gasteiger partial charge in [-0.3, -0.25) is 0 Å². The Balaban J connectivity index is 2.82. The summed E-state index contributed by atoms with van der Waals surface area (Å²) >= 11 is 0. The zero-order valence-electron chi connectivity index (χ0n) is 9.12. The number of anilines is 1. The van der Waals surface area contributed by atoms with E-state index in [1.807, 2.05) is 0 Å². The molecule has 17 heavy (non-hydrogen) atoms. The van der Waals surface area contributed by atoms with E-state index in [0.29, 0.717) is 6.20 Å². The molecule has 1 aromatic rings. The van der Waals surface area contributed by atoms with Crippen LogP contribution in [-0.4, -0.2) is 33.9 Å². The number of nitrogens with zero attached hydrogens (tertiary/aromatic N) is 1. The fraction of sp³-hybridized carbons (Fsp3) is 0.500. The molecule has 0 aliphatic carbocycles. The van der Waals surface area contributed by atoms with E-state index in [1.165, 1.54) is 6.92 Å². The van der Waals surface area contributed by atoms with Crippen molar-refractivity contribution >= 4 is 5.82 Å². The van der Waals surface area contributed by atoms with E-state index in [0.717, 1.165) is 12.1 Å². The fourth-order valence-corrected chi connectivity index (χ4v) is 1.07. The average Bonchev–Trinajstić information content (AvgIpc) is 2.28. The zero-order valence-corrected chi connectivity index (χ0v) is 9.12. The first-order valence-corrected chi connectivity index (χ1v) is 4.84. The summed E-state index contributed by atoms with van der Waals surface area (Å²) in [4.78, 5) is 3.57. The molecule has 0 unspecified atom stereocenters. The van der Waals surface area contributed by atoms with E-state index < -0.39 is 17.3 Å². The smallest absolute Gasteiger partial charge is 0.394 e. The Morgan fingerprint density at radius 2 is 1.82 bits per heavy atom. The molecule has 1 aromatic heterocycles. The third-order valence-corrected chi connectivity index (χ3v) is 2.22. The lowest BCUT2D eigenvalue weighted by molar-refractivity contribution is -0.137. The highest BCUT2D eigenvalue weighted by Crippen LogP contribution is 2.29. The second-order valence-corrected chi connectivity index (χ2v) is 3.93. The Bertz CT molecular complexity index is 361. The van der Waals surface area contributed by atoms with Gasteiger partial charge in [-0.1, -0.05) is 0 Å².